The highest BCUT2D eigenvalue weighted by molar-refractivity contribution is 6.15. The number of rotatable bonds is 1. The summed E-state index contributed by atoms with van der Waals surface area (Å²) in [6.45, 7) is 1.83. The molecule has 0 radical (unpaired) electrons. The van der Waals surface area contributed by atoms with Crippen molar-refractivity contribution in [3.05, 3.63) is 59.7 Å². The van der Waals surface area contributed by atoms with Crippen LogP contribution in [0.15, 0.2) is 53.6 Å². The molecule has 0 aliphatic carbocycles. The number of nitrogens with zero attached hydrogens (tertiary/aromatic N) is 3. The van der Waals surface area contributed by atoms with Crippen molar-refractivity contribution >= 4 is 17.2 Å². The largest absolute Gasteiger partial charge is 0.467 e. The number of benzene rings is 2. The Morgan fingerprint density at radius 3 is 2.74 bits per heavy atom. The molecule has 23 heavy (non-hydrogen) atoms. The molecule has 112 valence electrons. The van der Waals surface area contributed by atoms with Gasteiger partial charge in [-0.1, -0.05) is 18.2 Å². The molecular weight excluding hydrogens is 290 g/mol. The second-order valence-electron chi connectivity index (χ2n) is 5.59. The van der Waals surface area contributed by atoms with E-state index in [0.717, 1.165) is 11.4 Å². The van der Waals surface area contributed by atoms with Gasteiger partial charge in [-0.05, 0) is 37.3 Å². The number of ketones is 1. The first-order valence-corrected chi connectivity index (χ1v) is 7.33. The lowest BCUT2D eigenvalue weighted by Gasteiger charge is -2.32. The van der Waals surface area contributed by atoms with Crippen LogP contribution in [-0.4, -0.2) is 17.7 Å². The predicted octanol–water partition coefficient (Wildman–Crippen LogP) is 2.97. The van der Waals surface area contributed by atoms with Gasteiger partial charge in [0.25, 0.3) is 0 Å². The van der Waals surface area contributed by atoms with Gasteiger partial charge in [0.2, 0.25) is 6.23 Å². The van der Waals surface area contributed by atoms with Crippen LogP contribution in [0.25, 0.3) is 0 Å². The molecule has 5 heteroatoms. The lowest BCUT2D eigenvalue weighted by molar-refractivity contribution is 0.0786. The molecule has 2 heterocycles. The molecule has 2 aromatic rings. The Morgan fingerprint density at radius 1 is 1.22 bits per heavy atom. The highest BCUT2D eigenvalue weighted by Gasteiger charge is 2.46. The zero-order valence-corrected chi connectivity index (χ0v) is 12.4. The smallest absolute Gasteiger partial charge is 0.207 e. The van der Waals surface area contributed by atoms with E-state index in [-0.39, 0.29) is 5.78 Å². The Kier molecular flexibility index (Phi) is 2.91. The van der Waals surface area contributed by atoms with Crippen molar-refractivity contribution in [1.82, 2.24) is 0 Å². The molecule has 2 aliphatic heterocycles. The summed E-state index contributed by atoms with van der Waals surface area (Å²) in [5.41, 5.74) is 2.50. The van der Waals surface area contributed by atoms with Crippen LogP contribution in [0.2, 0.25) is 0 Å². The summed E-state index contributed by atoms with van der Waals surface area (Å²) in [5.74, 6) is 0.00533. The van der Waals surface area contributed by atoms with Gasteiger partial charge in [-0.3, -0.25) is 4.79 Å². The van der Waals surface area contributed by atoms with Crippen LogP contribution in [0.4, 0.5) is 5.69 Å². The average Bonchev–Trinajstić information content (AvgIpc) is 2.92. The minimum Gasteiger partial charge on any atom is -0.467 e. The molecule has 0 fully saturated rings. The number of hydrogen-bond donors (Lipinski definition) is 0. The van der Waals surface area contributed by atoms with Crippen LogP contribution >= 0.6 is 0 Å². The Morgan fingerprint density at radius 2 is 2.00 bits per heavy atom. The highest BCUT2D eigenvalue weighted by atomic mass is 16.5. The first-order chi connectivity index (χ1) is 11.2. The van der Waals surface area contributed by atoms with E-state index in [1.54, 1.807) is 23.2 Å². The van der Waals surface area contributed by atoms with Gasteiger partial charge in [0.1, 0.15) is 11.7 Å². The van der Waals surface area contributed by atoms with Crippen LogP contribution in [0.3, 0.4) is 0 Å². The summed E-state index contributed by atoms with van der Waals surface area (Å²) in [5, 5.41) is 15.3. The van der Waals surface area contributed by atoms with Gasteiger partial charge < -0.3 is 4.74 Å². The van der Waals surface area contributed by atoms with Crippen molar-refractivity contribution in [2.45, 2.75) is 13.2 Å². The average molecular weight is 303 g/mol. The molecule has 2 aliphatic rings. The topological polar surface area (TPSA) is 65.7 Å². The third-order valence-electron chi connectivity index (χ3n) is 4.17. The molecule has 0 aromatic heterocycles. The quantitative estimate of drug-likeness (QED) is 0.812. The third kappa shape index (κ3) is 2.00. The number of carbonyl (C=O) groups is 1. The molecule has 5 nitrogen and oxygen atoms in total. The van der Waals surface area contributed by atoms with Crippen molar-refractivity contribution in [3.8, 4) is 11.8 Å². The van der Waals surface area contributed by atoms with E-state index in [1.165, 1.54) is 0 Å². The molecule has 2 aromatic carbocycles. The van der Waals surface area contributed by atoms with Crippen LogP contribution < -0.4 is 9.75 Å². The molecule has 0 spiro atoms. The first-order valence-electron chi connectivity index (χ1n) is 7.33. The van der Waals surface area contributed by atoms with Gasteiger partial charge >= 0.3 is 0 Å². The van der Waals surface area contributed by atoms with Crippen LogP contribution in [0.5, 0.6) is 5.75 Å². The molecule has 0 N–H and O–H groups in total. The van der Waals surface area contributed by atoms with Crippen molar-refractivity contribution in [3.63, 3.8) is 0 Å². The molecule has 2 unspecified atom stereocenters. The lowest BCUT2D eigenvalue weighted by Crippen LogP contribution is -2.45. The van der Waals surface area contributed by atoms with Gasteiger partial charge in [0, 0.05) is 0 Å². The number of para-hydroxylation sites is 1. The van der Waals surface area contributed by atoms with Crippen molar-refractivity contribution in [1.29, 1.82) is 5.26 Å². The summed E-state index contributed by atoms with van der Waals surface area (Å²) < 4.78 is 6.04. The number of hydrogen-bond acceptors (Lipinski definition) is 5. The fourth-order valence-electron chi connectivity index (χ4n) is 3.05. The number of anilines is 1. The monoisotopic (exact) mass is 303 g/mol. The lowest BCUT2D eigenvalue weighted by atomic mass is 9.89. The van der Waals surface area contributed by atoms with E-state index in [4.69, 9.17) is 10.00 Å². The summed E-state index contributed by atoms with van der Waals surface area (Å²) >= 11 is 0. The second kappa shape index (κ2) is 4.96. The molecule has 4 rings (SSSR count). The Balaban J connectivity index is 1.78. The van der Waals surface area contributed by atoms with Crippen LogP contribution in [-0.2, 0) is 0 Å². The SMILES string of the molecule is CC1=NN(c2ccccc2)C2Oc3ccc(C#N)cc3C(=O)C12. The van der Waals surface area contributed by atoms with Crippen molar-refractivity contribution < 1.29 is 9.53 Å². The number of nitriles is 1. The van der Waals surface area contributed by atoms with E-state index in [0.29, 0.717) is 16.9 Å². The van der Waals surface area contributed by atoms with E-state index in [1.807, 2.05) is 37.3 Å². The second-order valence-corrected chi connectivity index (χ2v) is 5.59. The summed E-state index contributed by atoms with van der Waals surface area (Å²) in [7, 11) is 0. The minimum absolute atomic E-state index is 0.0481. The first kappa shape index (κ1) is 13.5. The molecule has 2 atom stereocenters. The van der Waals surface area contributed by atoms with Gasteiger partial charge in [-0.25, -0.2) is 5.01 Å². The van der Waals surface area contributed by atoms with Crippen LogP contribution in [0, 0.1) is 17.2 Å². The number of carbonyl (C=O) groups excluding carboxylic acids is 1. The molecular formula is C18H13N3O2. The Labute approximate surface area is 133 Å². The zero-order valence-electron chi connectivity index (χ0n) is 12.4. The number of ether oxygens (including phenoxy) is 1. The van der Waals surface area contributed by atoms with Crippen molar-refractivity contribution in [2.75, 3.05) is 5.01 Å². The van der Waals surface area contributed by atoms with Gasteiger partial charge in [0.05, 0.1) is 28.6 Å². The maximum Gasteiger partial charge on any atom is 0.207 e. The highest BCUT2D eigenvalue weighted by Crippen LogP contribution is 2.38. The van der Waals surface area contributed by atoms with E-state index in [9.17, 15) is 4.79 Å². The molecule has 0 saturated carbocycles. The standard InChI is InChI=1S/C18H13N3O2/c1-11-16-17(22)14-9-12(10-19)7-8-15(14)23-18(16)21(20-11)13-5-3-2-4-6-13/h2-9,16,18H,1H3. The summed E-state index contributed by atoms with van der Waals surface area (Å²) in [4.78, 5) is 12.9. The maximum atomic E-state index is 12.9. The van der Waals surface area contributed by atoms with Gasteiger partial charge in [-0.15, -0.1) is 0 Å². The van der Waals surface area contributed by atoms with E-state index >= 15 is 0 Å². The number of hydrazone groups is 1. The Bertz CT molecular complexity index is 868. The predicted molar refractivity (Wildman–Crippen MR) is 85.4 cm³/mol. The normalized spacial score (nSPS) is 21.8. The fraction of sp³-hybridized carbons (Fsp3) is 0.167. The molecule has 0 saturated heterocycles. The summed E-state index contributed by atoms with van der Waals surface area (Å²) in [6.07, 6.45) is -0.481. The molecule has 0 bridgehead atoms. The maximum absolute atomic E-state index is 12.9. The minimum atomic E-state index is -0.481. The van der Waals surface area contributed by atoms with E-state index in [2.05, 4.69) is 11.2 Å². The van der Waals surface area contributed by atoms with Crippen molar-refractivity contribution in [2.24, 2.45) is 11.0 Å². The number of Topliss-reactive ketones (excluding diaryl/α,β-unsaturated/α-hetero) is 1. The van der Waals surface area contributed by atoms with Crippen LogP contribution in [0.1, 0.15) is 22.8 Å². The zero-order chi connectivity index (χ0) is 16.0. The Hall–Kier alpha value is -3.13. The number of fused-ring (bicyclic) bond motifs is 2. The molecule has 0 amide bonds. The summed E-state index contributed by atoms with van der Waals surface area (Å²) in [6, 6.07) is 16.6. The fourth-order valence-corrected chi connectivity index (χ4v) is 3.05. The van der Waals surface area contributed by atoms with Gasteiger partial charge in [0.15, 0.2) is 5.78 Å². The third-order valence-corrected chi connectivity index (χ3v) is 4.17. The van der Waals surface area contributed by atoms with E-state index < -0.39 is 12.1 Å². The van der Waals surface area contributed by atoms with Gasteiger partial charge in [-0.2, -0.15) is 10.4 Å².